The van der Waals surface area contributed by atoms with Crippen molar-refractivity contribution in [3.8, 4) is 0 Å². The van der Waals surface area contributed by atoms with Gasteiger partial charge in [0.1, 0.15) is 0 Å². The summed E-state index contributed by atoms with van der Waals surface area (Å²) in [5, 5.41) is 0. The van der Waals surface area contributed by atoms with Crippen LogP contribution in [0.2, 0.25) is 0 Å². The number of hydrogen-bond acceptors (Lipinski definition) is 1. The monoisotopic (exact) mass is 262 g/mol. The van der Waals surface area contributed by atoms with Crippen LogP contribution in [0.3, 0.4) is 0 Å². The van der Waals surface area contributed by atoms with Crippen LogP contribution in [0.4, 0.5) is 0 Å². The maximum atomic E-state index is 11.7. The highest BCUT2D eigenvalue weighted by atomic mass is 16.1. The Kier molecular flexibility index (Phi) is 5.53. The lowest BCUT2D eigenvalue weighted by Gasteiger charge is -1.97. The Balaban J connectivity index is 1.77. The number of hydrogen-bond donors (Lipinski definition) is 0. The predicted molar refractivity (Wildman–Crippen MR) is 84.4 cm³/mol. The molecular weight excluding hydrogens is 244 g/mol. The second-order valence-electron chi connectivity index (χ2n) is 4.58. The smallest absolute Gasteiger partial charge is 0.156 e. The maximum absolute atomic E-state index is 11.7. The zero-order valence-electron chi connectivity index (χ0n) is 11.4. The normalized spacial score (nSPS) is 11.2. The summed E-state index contributed by atoms with van der Waals surface area (Å²) in [6, 6.07) is 20.1. The quantitative estimate of drug-likeness (QED) is 0.555. The molecule has 0 saturated carbocycles. The number of allylic oxidation sites excluding steroid dienone is 3. The number of aryl methyl sites for hydroxylation is 1. The van der Waals surface area contributed by atoms with Crippen LogP contribution in [0.25, 0.3) is 6.08 Å². The molecule has 20 heavy (non-hydrogen) atoms. The molecule has 2 aromatic carbocycles. The van der Waals surface area contributed by atoms with E-state index in [-0.39, 0.29) is 5.78 Å². The van der Waals surface area contributed by atoms with E-state index in [1.165, 1.54) is 5.56 Å². The summed E-state index contributed by atoms with van der Waals surface area (Å²) in [7, 11) is 0. The third-order valence-electron chi connectivity index (χ3n) is 2.98. The van der Waals surface area contributed by atoms with Crippen molar-refractivity contribution in [1.29, 1.82) is 0 Å². The van der Waals surface area contributed by atoms with Crippen molar-refractivity contribution >= 4 is 11.9 Å². The molecule has 100 valence electrons. The van der Waals surface area contributed by atoms with E-state index in [2.05, 4.69) is 0 Å². The van der Waals surface area contributed by atoms with Gasteiger partial charge in [0.15, 0.2) is 5.78 Å². The molecule has 0 saturated heterocycles. The number of carbonyl (C=O) groups excluding carboxylic acids is 1. The molecule has 0 fully saturated rings. The lowest BCUT2D eigenvalue weighted by molar-refractivity contribution is -0.114. The molecule has 0 spiro atoms. The summed E-state index contributed by atoms with van der Waals surface area (Å²) in [6.45, 7) is 0. The first kappa shape index (κ1) is 14.0. The summed E-state index contributed by atoms with van der Waals surface area (Å²) in [4.78, 5) is 11.7. The van der Waals surface area contributed by atoms with Gasteiger partial charge >= 0.3 is 0 Å². The average Bonchev–Trinajstić information content (AvgIpc) is 2.52. The van der Waals surface area contributed by atoms with Gasteiger partial charge in [0.2, 0.25) is 0 Å². The van der Waals surface area contributed by atoms with E-state index in [0.717, 1.165) is 12.0 Å². The molecule has 0 aliphatic heterocycles. The third kappa shape index (κ3) is 5.07. The summed E-state index contributed by atoms with van der Waals surface area (Å²) < 4.78 is 0. The number of ketones is 1. The van der Waals surface area contributed by atoms with Crippen LogP contribution in [0, 0.1) is 0 Å². The van der Waals surface area contributed by atoms with Crippen LogP contribution >= 0.6 is 0 Å². The van der Waals surface area contributed by atoms with Crippen LogP contribution < -0.4 is 0 Å². The minimum atomic E-state index is 0.159. The van der Waals surface area contributed by atoms with Gasteiger partial charge in [0.25, 0.3) is 0 Å². The summed E-state index contributed by atoms with van der Waals surface area (Å²) in [5.41, 5.74) is 2.34. The van der Waals surface area contributed by atoms with Gasteiger partial charge in [-0.3, -0.25) is 4.79 Å². The summed E-state index contributed by atoms with van der Waals surface area (Å²) in [6.07, 6.45) is 8.69. The Morgan fingerprint density at radius 2 is 1.50 bits per heavy atom. The van der Waals surface area contributed by atoms with Gasteiger partial charge in [-0.1, -0.05) is 78.9 Å². The molecule has 1 heteroatoms. The number of benzene rings is 2. The van der Waals surface area contributed by atoms with Crippen LogP contribution in [-0.2, 0) is 11.2 Å². The van der Waals surface area contributed by atoms with E-state index in [4.69, 9.17) is 0 Å². The average molecular weight is 262 g/mol. The molecule has 0 amide bonds. The van der Waals surface area contributed by atoms with Gasteiger partial charge in [0, 0.05) is 6.42 Å². The van der Waals surface area contributed by atoms with E-state index in [1.807, 2.05) is 72.8 Å². The molecule has 0 heterocycles. The van der Waals surface area contributed by atoms with Crippen molar-refractivity contribution in [2.24, 2.45) is 0 Å². The SMILES string of the molecule is O=C(/C=C\C=C\c1ccccc1)CCc1ccccc1. The fourth-order valence-electron chi connectivity index (χ4n) is 1.89. The van der Waals surface area contributed by atoms with Crippen LogP contribution in [0.15, 0.2) is 78.9 Å². The minimum absolute atomic E-state index is 0.159. The Morgan fingerprint density at radius 1 is 0.850 bits per heavy atom. The van der Waals surface area contributed by atoms with E-state index >= 15 is 0 Å². The van der Waals surface area contributed by atoms with Gasteiger partial charge in [-0.05, 0) is 23.6 Å². The second kappa shape index (κ2) is 7.90. The molecule has 2 rings (SSSR count). The number of carbonyl (C=O) groups is 1. The maximum Gasteiger partial charge on any atom is 0.156 e. The first-order valence-corrected chi connectivity index (χ1v) is 6.81. The largest absolute Gasteiger partial charge is 0.295 e. The summed E-state index contributed by atoms with van der Waals surface area (Å²) >= 11 is 0. The topological polar surface area (TPSA) is 17.1 Å². The molecule has 0 radical (unpaired) electrons. The lowest BCUT2D eigenvalue weighted by Crippen LogP contribution is -1.95. The Bertz CT molecular complexity index is 580. The van der Waals surface area contributed by atoms with Crippen molar-refractivity contribution < 1.29 is 4.79 Å². The van der Waals surface area contributed by atoms with Gasteiger partial charge in [-0.2, -0.15) is 0 Å². The van der Waals surface area contributed by atoms with Crippen molar-refractivity contribution in [3.63, 3.8) is 0 Å². The highest BCUT2D eigenvalue weighted by Gasteiger charge is 1.97. The number of rotatable bonds is 6. The molecule has 0 aromatic heterocycles. The lowest BCUT2D eigenvalue weighted by atomic mass is 10.1. The molecule has 0 aliphatic rings. The Hall–Kier alpha value is -2.41. The van der Waals surface area contributed by atoms with Crippen molar-refractivity contribution in [1.82, 2.24) is 0 Å². The molecule has 1 nitrogen and oxygen atoms in total. The van der Waals surface area contributed by atoms with Crippen LogP contribution in [0.5, 0.6) is 0 Å². The fraction of sp³-hybridized carbons (Fsp3) is 0.105. The Labute approximate surface area is 120 Å². The molecular formula is C19H18O. The zero-order valence-corrected chi connectivity index (χ0v) is 11.4. The van der Waals surface area contributed by atoms with Crippen molar-refractivity contribution in [2.45, 2.75) is 12.8 Å². The van der Waals surface area contributed by atoms with Gasteiger partial charge < -0.3 is 0 Å². The first-order chi connectivity index (χ1) is 9.84. The molecule has 0 N–H and O–H groups in total. The van der Waals surface area contributed by atoms with Gasteiger partial charge in [-0.15, -0.1) is 0 Å². The molecule has 0 bridgehead atoms. The van der Waals surface area contributed by atoms with E-state index in [1.54, 1.807) is 12.2 Å². The predicted octanol–water partition coefficient (Wildman–Crippen LogP) is 4.46. The first-order valence-electron chi connectivity index (χ1n) is 6.81. The van der Waals surface area contributed by atoms with E-state index in [0.29, 0.717) is 6.42 Å². The molecule has 0 aliphatic carbocycles. The van der Waals surface area contributed by atoms with E-state index < -0.39 is 0 Å². The van der Waals surface area contributed by atoms with Crippen molar-refractivity contribution in [3.05, 3.63) is 90.0 Å². The zero-order chi connectivity index (χ0) is 14.0. The van der Waals surface area contributed by atoms with E-state index in [9.17, 15) is 4.79 Å². The van der Waals surface area contributed by atoms with Crippen LogP contribution in [0.1, 0.15) is 17.5 Å². The highest BCUT2D eigenvalue weighted by Crippen LogP contribution is 2.04. The summed E-state index contributed by atoms with van der Waals surface area (Å²) in [5.74, 6) is 0.159. The molecule has 0 unspecified atom stereocenters. The second-order valence-corrected chi connectivity index (χ2v) is 4.58. The highest BCUT2D eigenvalue weighted by molar-refractivity contribution is 5.90. The van der Waals surface area contributed by atoms with Gasteiger partial charge in [-0.25, -0.2) is 0 Å². The standard InChI is InChI=1S/C19H18O/c20-19(16-15-18-11-5-2-6-12-18)14-8-7-13-17-9-3-1-4-10-17/h1-14H,15-16H2/b13-7+,14-8-. The third-order valence-corrected chi connectivity index (χ3v) is 2.98. The van der Waals surface area contributed by atoms with Gasteiger partial charge in [0.05, 0.1) is 0 Å². The molecule has 2 aromatic rings. The van der Waals surface area contributed by atoms with Crippen LogP contribution in [-0.4, -0.2) is 5.78 Å². The minimum Gasteiger partial charge on any atom is -0.295 e. The fourth-order valence-corrected chi connectivity index (χ4v) is 1.89. The molecule has 0 atom stereocenters. The van der Waals surface area contributed by atoms with Crippen molar-refractivity contribution in [2.75, 3.05) is 0 Å². The Morgan fingerprint density at radius 3 is 2.20 bits per heavy atom.